The predicted octanol–water partition coefficient (Wildman–Crippen LogP) is 3.81. The first-order valence-corrected chi connectivity index (χ1v) is 12.7. The Hall–Kier alpha value is -2.02. The maximum atomic E-state index is 14.1. The maximum Gasteiger partial charge on any atom is 0.321 e. The highest BCUT2D eigenvalue weighted by Crippen LogP contribution is 2.76. The standard InChI is InChI=1S/C28H40O7/c1-15-14-18-24(5)12-11-19(35-16(2)29)23(3,4)17(24)10-13-25(18,6)28(22(32)34-9)21(31)27(8,33)20(30)26(15,28)7/h14,17-19,33H,10-13H2,1-9H3/t17-,18-,19-,24-,25-,26-,27-,28-/m0/s1. The summed E-state index contributed by atoms with van der Waals surface area (Å²) < 4.78 is 11.0. The Labute approximate surface area is 208 Å². The number of allylic oxidation sites excluding steroid dienone is 2. The van der Waals surface area contributed by atoms with Crippen LogP contribution in [0.2, 0.25) is 0 Å². The van der Waals surface area contributed by atoms with E-state index in [-0.39, 0.29) is 34.7 Å². The molecule has 1 N–H and O–H groups in total. The average Bonchev–Trinajstić information content (AvgIpc) is 2.88. The molecule has 0 radical (unpaired) electrons. The van der Waals surface area contributed by atoms with Crippen molar-refractivity contribution in [3.63, 3.8) is 0 Å². The van der Waals surface area contributed by atoms with Gasteiger partial charge in [-0.05, 0) is 69.1 Å². The van der Waals surface area contributed by atoms with Crippen molar-refractivity contribution >= 4 is 23.5 Å². The lowest BCUT2D eigenvalue weighted by Crippen LogP contribution is -2.70. The van der Waals surface area contributed by atoms with Crippen LogP contribution in [0.15, 0.2) is 11.6 Å². The molecule has 0 bridgehead atoms. The molecule has 8 atom stereocenters. The first-order valence-electron chi connectivity index (χ1n) is 12.7. The van der Waals surface area contributed by atoms with Gasteiger partial charge in [0.25, 0.3) is 0 Å². The van der Waals surface area contributed by atoms with E-state index in [9.17, 15) is 24.3 Å². The van der Waals surface area contributed by atoms with Crippen molar-refractivity contribution in [1.82, 2.24) is 0 Å². The first kappa shape index (κ1) is 26.1. The highest BCUT2D eigenvalue weighted by atomic mass is 16.5. The predicted molar refractivity (Wildman–Crippen MR) is 128 cm³/mol. The van der Waals surface area contributed by atoms with Crippen molar-refractivity contribution in [2.45, 2.75) is 92.8 Å². The average molecular weight is 489 g/mol. The van der Waals surface area contributed by atoms with Crippen LogP contribution in [0.1, 0.15) is 81.1 Å². The number of hydrogen-bond donors (Lipinski definition) is 1. The van der Waals surface area contributed by atoms with Crippen LogP contribution in [0.25, 0.3) is 0 Å². The summed E-state index contributed by atoms with van der Waals surface area (Å²) in [5, 5.41) is 11.2. The second-order valence-corrected chi connectivity index (χ2v) is 12.9. The van der Waals surface area contributed by atoms with Crippen LogP contribution in [0.4, 0.5) is 0 Å². The molecular weight excluding hydrogens is 448 g/mol. The minimum absolute atomic E-state index is 0.155. The van der Waals surface area contributed by atoms with E-state index < -0.39 is 39.4 Å². The minimum Gasteiger partial charge on any atom is -0.468 e. The van der Waals surface area contributed by atoms with Gasteiger partial charge in [0.1, 0.15) is 6.10 Å². The Morgan fingerprint density at radius 1 is 1.00 bits per heavy atom. The van der Waals surface area contributed by atoms with Gasteiger partial charge in [-0.1, -0.05) is 39.3 Å². The number of fused-ring (bicyclic) bond motifs is 5. The number of carbonyl (C=O) groups excluding carboxylic acids is 4. The molecule has 3 saturated carbocycles. The highest BCUT2D eigenvalue weighted by Gasteiger charge is 2.85. The first-order chi connectivity index (χ1) is 15.9. The molecule has 4 aliphatic rings. The number of aliphatic hydroxyl groups is 1. The van der Waals surface area contributed by atoms with E-state index in [4.69, 9.17) is 9.47 Å². The molecule has 0 aromatic heterocycles. The summed E-state index contributed by atoms with van der Waals surface area (Å²) in [6.07, 6.45) is 4.49. The number of Topliss-reactive ketones (excluding diaryl/α,β-unsaturated/α-hetero) is 2. The third-order valence-electron chi connectivity index (χ3n) is 11.1. The third kappa shape index (κ3) is 2.66. The van der Waals surface area contributed by atoms with Gasteiger partial charge in [-0.25, -0.2) is 0 Å². The zero-order chi connectivity index (χ0) is 26.6. The number of ketones is 2. The molecule has 35 heavy (non-hydrogen) atoms. The molecule has 0 spiro atoms. The fraction of sp³-hybridized carbons (Fsp3) is 0.786. The van der Waals surface area contributed by atoms with Gasteiger partial charge in [0.15, 0.2) is 22.6 Å². The van der Waals surface area contributed by atoms with E-state index in [0.717, 1.165) is 6.42 Å². The summed E-state index contributed by atoms with van der Waals surface area (Å²) in [6, 6.07) is 0. The van der Waals surface area contributed by atoms with Gasteiger partial charge >= 0.3 is 11.9 Å². The zero-order valence-corrected chi connectivity index (χ0v) is 22.5. The topological polar surface area (TPSA) is 107 Å². The van der Waals surface area contributed by atoms with Crippen molar-refractivity contribution in [2.24, 2.45) is 38.9 Å². The van der Waals surface area contributed by atoms with Gasteiger partial charge in [0, 0.05) is 12.3 Å². The van der Waals surface area contributed by atoms with Crippen LogP contribution in [-0.2, 0) is 28.7 Å². The Balaban J connectivity index is 1.97. The summed E-state index contributed by atoms with van der Waals surface area (Å²) in [6.45, 7) is 14.5. The van der Waals surface area contributed by atoms with Gasteiger partial charge in [0.2, 0.25) is 0 Å². The number of ether oxygens (including phenoxy) is 2. The van der Waals surface area contributed by atoms with Crippen LogP contribution in [0.3, 0.4) is 0 Å². The fourth-order valence-corrected chi connectivity index (χ4v) is 9.43. The molecule has 3 fully saturated rings. The van der Waals surface area contributed by atoms with Gasteiger partial charge in [0.05, 0.1) is 12.5 Å². The molecule has 0 saturated heterocycles. The van der Waals surface area contributed by atoms with Crippen LogP contribution >= 0.6 is 0 Å². The monoisotopic (exact) mass is 488 g/mol. The van der Waals surface area contributed by atoms with E-state index in [1.165, 1.54) is 21.0 Å². The van der Waals surface area contributed by atoms with Crippen molar-refractivity contribution in [3.05, 3.63) is 11.6 Å². The van der Waals surface area contributed by atoms with E-state index in [2.05, 4.69) is 26.8 Å². The largest absolute Gasteiger partial charge is 0.468 e. The van der Waals surface area contributed by atoms with Crippen LogP contribution in [0.5, 0.6) is 0 Å². The van der Waals surface area contributed by atoms with E-state index in [1.807, 2.05) is 6.92 Å². The highest BCUT2D eigenvalue weighted by molar-refractivity contribution is 6.30. The molecule has 0 amide bonds. The van der Waals surface area contributed by atoms with Gasteiger partial charge in [-0.2, -0.15) is 0 Å². The van der Waals surface area contributed by atoms with E-state index in [1.54, 1.807) is 13.8 Å². The Bertz CT molecular complexity index is 1050. The lowest BCUT2D eigenvalue weighted by atomic mass is 9.34. The summed E-state index contributed by atoms with van der Waals surface area (Å²) in [5.74, 6) is -2.49. The second kappa shape index (κ2) is 7.27. The molecule has 0 aromatic rings. The lowest BCUT2D eigenvalue weighted by molar-refractivity contribution is -0.219. The molecule has 4 rings (SSSR count). The van der Waals surface area contributed by atoms with Crippen molar-refractivity contribution in [2.75, 3.05) is 7.11 Å². The summed E-state index contributed by atoms with van der Waals surface area (Å²) in [5.41, 5.74) is -6.57. The molecule has 7 nitrogen and oxygen atoms in total. The van der Waals surface area contributed by atoms with Gasteiger partial charge in [-0.15, -0.1) is 0 Å². The Morgan fingerprint density at radius 2 is 1.60 bits per heavy atom. The van der Waals surface area contributed by atoms with Gasteiger partial charge < -0.3 is 14.6 Å². The SMILES string of the molecule is COC(=O)[C@]12C(=O)[C@@](C)(O)C(=O)[C@]1(C)C(C)=C[C@H]1[C@@]3(C)CC[C@H](OC(C)=O)C(C)(C)[C@@H]3CC[C@@]12C. The molecule has 0 heterocycles. The molecule has 194 valence electrons. The fourth-order valence-electron chi connectivity index (χ4n) is 9.43. The summed E-state index contributed by atoms with van der Waals surface area (Å²) in [4.78, 5) is 53.4. The molecule has 0 unspecified atom stereocenters. The van der Waals surface area contributed by atoms with Gasteiger partial charge in [-0.3, -0.25) is 19.2 Å². The molecule has 0 aliphatic heterocycles. The summed E-state index contributed by atoms with van der Waals surface area (Å²) >= 11 is 0. The lowest BCUT2D eigenvalue weighted by Gasteiger charge is -2.68. The van der Waals surface area contributed by atoms with E-state index >= 15 is 0 Å². The number of carbonyl (C=O) groups is 4. The van der Waals surface area contributed by atoms with E-state index in [0.29, 0.717) is 24.8 Å². The smallest absolute Gasteiger partial charge is 0.321 e. The number of rotatable bonds is 2. The quantitative estimate of drug-likeness (QED) is 0.358. The summed E-state index contributed by atoms with van der Waals surface area (Å²) in [7, 11) is 1.25. The van der Waals surface area contributed by atoms with Crippen LogP contribution in [-0.4, -0.2) is 47.4 Å². The number of esters is 2. The van der Waals surface area contributed by atoms with Crippen molar-refractivity contribution in [3.8, 4) is 0 Å². The molecule has 0 aromatic carbocycles. The number of hydrogen-bond acceptors (Lipinski definition) is 7. The normalized spacial score (nSPS) is 48.3. The number of methoxy groups -OCH3 is 1. The van der Waals surface area contributed by atoms with Crippen LogP contribution < -0.4 is 0 Å². The Kier molecular flexibility index (Phi) is 5.41. The minimum atomic E-state index is -2.28. The van der Waals surface area contributed by atoms with Crippen molar-refractivity contribution in [1.29, 1.82) is 0 Å². The Morgan fingerprint density at radius 3 is 2.14 bits per heavy atom. The maximum absolute atomic E-state index is 14.1. The van der Waals surface area contributed by atoms with Crippen LogP contribution in [0, 0.1) is 38.9 Å². The molecule has 7 heteroatoms. The molecule has 4 aliphatic carbocycles. The second-order valence-electron chi connectivity index (χ2n) is 12.9. The molecular formula is C28H40O7. The third-order valence-corrected chi connectivity index (χ3v) is 11.1. The van der Waals surface area contributed by atoms with Crippen molar-refractivity contribution < 1.29 is 33.8 Å². The zero-order valence-electron chi connectivity index (χ0n) is 22.5.